The lowest BCUT2D eigenvalue weighted by Gasteiger charge is -2.08. The number of hydrogen-bond donors (Lipinski definition) is 0. The minimum absolute atomic E-state index is 0.603. The molecule has 1 aromatic heterocycles. The lowest BCUT2D eigenvalue weighted by atomic mass is 10.2. The van der Waals surface area contributed by atoms with Gasteiger partial charge < -0.3 is 4.57 Å². The fraction of sp³-hybridized carbons (Fsp3) is 0.222. The highest BCUT2D eigenvalue weighted by atomic mass is 32.2. The molecule has 1 unspecified atom stereocenters. The summed E-state index contributed by atoms with van der Waals surface area (Å²) >= 11 is 1.61. The number of benzene rings is 2. The van der Waals surface area contributed by atoms with Gasteiger partial charge in [-0.15, -0.1) is 10.2 Å². The van der Waals surface area contributed by atoms with Crippen molar-refractivity contribution in [2.45, 2.75) is 23.5 Å². The molecular weight excluding hydrogens is 338 g/mol. The minimum Gasteiger partial charge on any atom is -0.302 e. The summed E-state index contributed by atoms with van der Waals surface area (Å²) in [5.41, 5.74) is 1.22. The maximum Gasteiger partial charge on any atom is 0.191 e. The van der Waals surface area contributed by atoms with E-state index in [2.05, 4.69) is 26.9 Å². The Kier molecular flexibility index (Phi) is 5.82. The van der Waals surface area contributed by atoms with Gasteiger partial charge in [-0.3, -0.25) is 4.21 Å². The zero-order valence-electron chi connectivity index (χ0n) is 13.5. The van der Waals surface area contributed by atoms with Crippen molar-refractivity contribution in [2.75, 3.05) is 11.5 Å². The van der Waals surface area contributed by atoms with Gasteiger partial charge in [-0.25, -0.2) is 0 Å². The van der Waals surface area contributed by atoms with Crippen LogP contribution in [0.15, 0.2) is 70.7 Å². The average Bonchev–Trinajstić information content (AvgIpc) is 2.97. The predicted molar refractivity (Wildman–Crippen MR) is 98.7 cm³/mol. The normalized spacial score (nSPS) is 12.2. The summed E-state index contributed by atoms with van der Waals surface area (Å²) in [5.74, 6) is 2.24. The second-order valence-corrected chi connectivity index (χ2v) is 7.95. The molecule has 124 valence electrons. The summed E-state index contributed by atoms with van der Waals surface area (Å²) in [6.07, 6.45) is 0. The molecule has 0 aliphatic rings. The first-order valence-electron chi connectivity index (χ1n) is 7.74. The Bertz CT molecular complexity index is 804. The Morgan fingerprint density at radius 2 is 1.67 bits per heavy atom. The van der Waals surface area contributed by atoms with Gasteiger partial charge in [0.05, 0.1) is 17.3 Å². The second-order valence-electron chi connectivity index (χ2n) is 5.31. The van der Waals surface area contributed by atoms with Crippen molar-refractivity contribution in [1.82, 2.24) is 14.8 Å². The standard InChI is InChI=1S/C18H19N3OS2/c1-15-19-20-18(21(15)14-16-8-4-2-5-9-16)23-12-13-24(22)17-10-6-3-7-11-17/h2-11H,12-14H2,1H3. The smallest absolute Gasteiger partial charge is 0.191 e. The van der Waals surface area contributed by atoms with Crippen molar-refractivity contribution in [2.24, 2.45) is 0 Å². The third kappa shape index (κ3) is 4.33. The van der Waals surface area contributed by atoms with Gasteiger partial charge in [0.1, 0.15) is 5.82 Å². The van der Waals surface area contributed by atoms with E-state index >= 15 is 0 Å². The summed E-state index contributed by atoms with van der Waals surface area (Å²) in [6.45, 7) is 2.71. The highest BCUT2D eigenvalue weighted by Crippen LogP contribution is 2.19. The van der Waals surface area contributed by atoms with Gasteiger partial charge in [0.2, 0.25) is 0 Å². The number of thioether (sulfide) groups is 1. The largest absolute Gasteiger partial charge is 0.302 e. The number of aryl methyl sites for hydroxylation is 1. The third-order valence-electron chi connectivity index (χ3n) is 3.59. The molecule has 0 N–H and O–H groups in total. The van der Waals surface area contributed by atoms with E-state index in [1.165, 1.54) is 5.56 Å². The van der Waals surface area contributed by atoms with Crippen LogP contribution in [0, 0.1) is 6.92 Å². The molecule has 0 amide bonds. The molecule has 1 atom stereocenters. The van der Waals surface area contributed by atoms with Gasteiger partial charge in [0.25, 0.3) is 0 Å². The molecule has 0 spiro atoms. The van der Waals surface area contributed by atoms with Crippen LogP contribution in [-0.2, 0) is 17.3 Å². The summed E-state index contributed by atoms with van der Waals surface area (Å²) < 4.78 is 14.4. The van der Waals surface area contributed by atoms with Gasteiger partial charge in [-0.05, 0) is 24.6 Å². The molecule has 0 aliphatic heterocycles. The van der Waals surface area contributed by atoms with Crippen LogP contribution in [0.3, 0.4) is 0 Å². The monoisotopic (exact) mass is 357 g/mol. The number of hydrogen-bond acceptors (Lipinski definition) is 4. The quantitative estimate of drug-likeness (QED) is 0.607. The van der Waals surface area contributed by atoms with Crippen molar-refractivity contribution in [3.8, 4) is 0 Å². The van der Waals surface area contributed by atoms with Gasteiger partial charge in [0, 0.05) is 16.4 Å². The second kappa shape index (κ2) is 8.26. The molecule has 24 heavy (non-hydrogen) atoms. The van der Waals surface area contributed by atoms with Crippen molar-refractivity contribution in [3.63, 3.8) is 0 Å². The Morgan fingerprint density at radius 1 is 1.00 bits per heavy atom. The van der Waals surface area contributed by atoms with E-state index in [0.717, 1.165) is 28.2 Å². The van der Waals surface area contributed by atoms with E-state index in [-0.39, 0.29) is 0 Å². The highest BCUT2D eigenvalue weighted by Gasteiger charge is 2.11. The Labute approximate surface area is 148 Å². The molecule has 0 aliphatic carbocycles. The highest BCUT2D eigenvalue weighted by molar-refractivity contribution is 8.00. The van der Waals surface area contributed by atoms with Gasteiger partial charge >= 0.3 is 0 Å². The van der Waals surface area contributed by atoms with Crippen LogP contribution in [0.4, 0.5) is 0 Å². The number of rotatable bonds is 7. The third-order valence-corrected chi connectivity index (χ3v) is 6.19. The SMILES string of the molecule is Cc1nnc(SCCS(=O)c2ccccc2)n1Cc1ccccc1. The molecule has 0 bridgehead atoms. The van der Waals surface area contributed by atoms with Crippen LogP contribution in [-0.4, -0.2) is 30.5 Å². The molecule has 1 heterocycles. The van der Waals surface area contributed by atoms with Gasteiger partial charge in [-0.2, -0.15) is 0 Å². The topological polar surface area (TPSA) is 47.8 Å². The summed E-state index contributed by atoms with van der Waals surface area (Å²) in [5, 5.41) is 9.32. The molecule has 3 rings (SSSR count). The maximum atomic E-state index is 12.3. The molecule has 3 aromatic rings. The molecule has 0 saturated carbocycles. The average molecular weight is 358 g/mol. The van der Waals surface area contributed by atoms with Gasteiger partial charge in [-0.1, -0.05) is 60.3 Å². The summed E-state index contributed by atoms with van der Waals surface area (Å²) in [7, 11) is -0.973. The fourth-order valence-corrected chi connectivity index (χ4v) is 4.58. The Morgan fingerprint density at radius 3 is 2.38 bits per heavy atom. The van der Waals surface area contributed by atoms with Crippen molar-refractivity contribution in [3.05, 3.63) is 72.1 Å². The lowest BCUT2D eigenvalue weighted by Crippen LogP contribution is -2.06. The summed E-state index contributed by atoms with van der Waals surface area (Å²) in [4.78, 5) is 0.875. The molecule has 0 radical (unpaired) electrons. The lowest BCUT2D eigenvalue weighted by molar-refractivity contribution is 0.683. The van der Waals surface area contributed by atoms with Crippen LogP contribution in [0.2, 0.25) is 0 Å². The Balaban J connectivity index is 1.61. The maximum absolute atomic E-state index is 12.3. The molecule has 0 saturated heterocycles. The van der Waals surface area contributed by atoms with Crippen LogP contribution < -0.4 is 0 Å². The fourth-order valence-electron chi connectivity index (χ4n) is 2.32. The molecule has 4 nitrogen and oxygen atoms in total. The van der Waals surface area contributed by atoms with E-state index in [1.54, 1.807) is 11.8 Å². The van der Waals surface area contributed by atoms with Crippen molar-refractivity contribution in [1.29, 1.82) is 0 Å². The van der Waals surface area contributed by atoms with Crippen LogP contribution >= 0.6 is 11.8 Å². The van der Waals surface area contributed by atoms with E-state index in [0.29, 0.717) is 5.75 Å². The number of nitrogens with zero attached hydrogens (tertiary/aromatic N) is 3. The zero-order valence-corrected chi connectivity index (χ0v) is 15.1. The zero-order chi connectivity index (χ0) is 16.8. The summed E-state index contributed by atoms with van der Waals surface area (Å²) in [6, 6.07) is 19.8. The van der Waals surface area contributed by atoms with Crippen LogP contribution in [0.5, 0.6) is 0 Å². The first kappa shape index (κ1) is 16.9. The molecular formula is C18H19N3OS2. The molecule has 2 aromatic carbocycles. The number of aromatic nitrogens is 3. The van der Waals surface area contributed by atoms with Gasteiger partial charge in [0.15, 0.2) is 5.16 Å². The van der Waals surface area contributed by atoms with Crippen LogP contribution in [0.25, 0.3) is 0 Å². The van der Waals surface area contributed by atoms with Crippen molar-refractivity contribution < 1.29 is 4.21 Å². The van der Waals surface area contributed by atoms with E-state index < -0.39 is 10.8 Å². The molecule has 0 fully saturated rings. The van der Waals surface area contributed by atoms with E-state index in [9.17, 15) is 4.21 Å². The van der Waals surface area contributed by atoms with Crippen LogP contribution in [0.1, 0.15) is 11.4 Å². The predicted octanol–water partition coefficient (Wildman–Crippen LogP) is 3.53. The van der Waals surface area contributed by atoms with E-state index in [4.69, 9.17) is 0 Å². The van der Waals surface area contributed by atoms with E-state index in [1.807, 2.05) is 55.5 Å². The van der Waals surface area contributed by atoms with Crippen molar-refractivity contribution >= 4 is 22.6 Å². The minimum atomic E-state index is -0.973. The first-order chi connectivity index (χ1) is 11.7. The molecule has 6 heteroatoms. The Hall–Kier alpha value is -1.92. The first-order valence-corrected chi connectivity index (χ1v) is 10.0.